The molecule has 0 saturated heterocycles. The lowest BCUT2D eigenvalue weighted by atomic mass is 10.00. The highest BCUT2D eigenvalue weighted by atomic mass is 19.1. The Morgan fingerprint density at radius 3 is 2.87 bits per heavy atom. The molecule has 1 aliphatic rings. The molecule has 1 aromatic heterocycles. The maximum absolute atomic E-state index is 14.4. The van der Waals surface area contributed by atoms with Gasteiger partial charge in [0.05, 0.1) is 29.1 Å². The summed E-state index contributed by atoms with van der Waals surface area (Å²) in [6.45, 7) is 5.12. The van der Waals surface area contributed by atoms with Gasteiger partial charge in [-0.2, -0.15) is 0 Å². The molecule has 1 atom stereocenters. The lowest BCUT2D eigenvalue weighted by Crippen LogP contribution is -2.27. The van der Waals surface area contributed by atoms with E-state index in [1.54, 1.807) is 11.5 Å². The minimum absolute atomic E-state index is 0.00289. The number of aliphatic hydroxyl groups excluding tert-OH is 1. The number of pyridine rings is 1. The van der Waals surface area contributed by atoms with Crippen LogP contribution in [0.1, 0.15) is 28.9 Å². The number of aliphatic hydroxyl groups is 1. The van der Waals surface area contributed by atoms with Crippen molar-refractivity contribution >= 4 is 22.4 Å². The van der Waals surface area contributed by atoms with Crippen LogP contribution in [0.15, 0.2) is 23.6 Å². The number of aromatic nitrogens is 1. The molecule has 1 unspecified atom stereocenters. The van der Waals surface area contributed by atoms with Crippen molar-refractivity contribution in [3.05, 3.63) is 46.0 Å². The highest BCUT2D eigenvalue weighted by molar-refractivity contribution is 5.97. The Hall–Kier alpha value is -2.67. The molecule has 2 aromatic rings. The lowest BCUT2D eigenvalue weighted by Gasteiger charge is -2.28. The largest absolute Gasteiger partial charge is 0.488 e. The highest BCUT2D eigenvalue weighted by Gasteiger charge is 2.28. The van der Waals surface area contributed by atoms with E-state index in [9.17, 15) is 24.2 Å². The van der Waals surface area contributed by atoms with Crippen molar-refractivity contribution in [2.45, 2.75) is 13.0 Å². The van der Waals surface area contributed by atoms with Crippen LogP contribution < -0.4 is 10.2 Å². The first-order valence-electron chi connectivity index (χ1n) is 6.93. The Balaban J connectivity index is 2.53. The normalized spacial score (nSPS) is 16.2. The van der Waals surface area contributed by atoms with Crippen LogP contribution in [0.5, 0.6) is 5.75 Å². The molecular weight excluding hydrogens is 305 g/mol. The van der Waals surface area contributed by atoms with Crippen molar-refractivity contribution in [2.24, 2.45) is 0 Å². The van der Waals surface area contributed by atoms with Crippen LogP contribution >= 0.6 is 0 Å². The number of hydrogen-bond donors (Lipinski definition) is 2. The Bertz CT molecular complexity index is 915. The molecule has 6 nitrogen and oxygen atoms in total. The van der Waals surface area contributed by atoms with Gasteiger partial charge in [-0.15, -0.1) is 0 Å². The summed E-state index contributed by atoms with van der Waals surface area (Å²) in [5.74, 6) is -2.05. The third kappa shape index (κ3) is 2.12. The zero-order valence-electron chi connectivity index (χ0n) is 12.3. The second kappa shape index (κ2) is 5.20. The van der Waals surface area contributed by atoms with E-state index in [1.807, 2.05) is 0 Å². The number of ether oxygens (including phenoxy) is 1. The average Bonchev–Trinajstić information content (AvgIpc) is 2.51. The van der Waals surface area contributed by atoms with Gasteiger partial charge in [-0.3, -0.25) is 4.79 Å². The smallest absolute Gasteiger partial charge is 0.341 e. The van der Waals surface area contributed by atoms with E-state index in [-0.39, 0.29) is 34.9 Å². The van der Waals surface area contributed by atoms with E-state index in [1.165, 1.54) is 6.20 Å². The monoisotopic (exact) mass is 319 g/mol. The topological polar surface area (TPSA) is 88.8 Å². The van der Waals surface area contributed by atoms with Crippen molar-refractivity contribution in [2.75, 3.05) is 13.2 Å². The molecule has 0 spiro atoms. The summed E-state index contributed by atoms with van der Waals surface area (Å²) in [5.41, 5.74) is -0.767. The zero-order valence-corrected chi connectivity index (χ0v) is 12.3. The standard InChI is InChI=1S/C16H14FNO5/c1-7(5-19)12-11(17)3-9-13-15(12)23-6-8(2)18(13)4-10(14(9)20)16(21)22/h3-4,8,19H,1,5-6H2,2H3,(H,21,22). The SMILES string of the molecule is C=C(CO)c1c(F)cc2c(=O)c(C(=O)O)cn3c2c1OCC3C. The van der Waals surface area contributed by atoms with Crippen LogP contribution in [0.2, 0.25) is 0 Å². The molecule has 0 radical (unpaired) electrons. The number of carbonyl (C=O) groups is 1. The van der Waals surface area contributed by atoms with Gasteiger partial charge in [0.25, 0.3) is 0 Å². The molecule has 0 amide bonds. The molecule has 2 heterocycles. The minimum Gasteiger partial charge on any atom is -0.488 e. The molecule has 0 fully saturated rings. The minimum atomic E-state index is -1.37. The summed E-state index contributed by atoms with van der Waals surface area (Å²) in [5, 5.41) is 18.4. The molecular formula is C16H14FNO5. The number of benzene rings is 1. The predicted octanol–water partition coefficient (Wildman–Crippen LogP) is 1.80. The van der Waals surface area contributed by atoms with E-state index in [0.29, 0.717) is 5.52 Å². The van der Waals surface area contributed by atoms with Gasteiger partial charge in [0, 0.05) is 6.20 Å². The average molecular weight is 319 g/mol. The van der Waals surface area contributed by atoms with Gasteiger partial charge in [0.2, 0.25) is 5.43 Å². The number of aromatic carboxylic acids is 1. The van der Waals surface area contributed by atoms with Crippen LogP contribution in [-0.4, -0.2) is 34.0 Å². The molecule has 120 valence electrons. The first kappa shape index (κ1) is 15.2. The maximum atomic E-state index is 14.4. The van der Waals surface area contributed by atoms with E-state index < -0.39 is 29.4 Å². The molecule has 2 N–H and O–H groups in total. The lowest BCUT2D eigenvalue weighted by molar-refractivity contribution is 0.0694. The van der Waals surface area contributed by atoms with Crippen molar-refractivity contribution in [3.8, 4) is 5.75 Å². The summed E-state index contributed by atoms with van der Waals surface area (Å²) in [6.07, 6.45) is 1.24. The van der Waals surface area contributed by atoms with Gasteiger partial charge in [-0.25, -0.2) is 9.18 Å². The van der Waals surface area contributed by atoms with Crippen LogP contribution in [0.4, 0.5) is 4.39 Å². The summed E-state index contributed by atoms with van der Waals surface area (Å²) < 4.78 is 21.6. The first-order valence-corrected chi connectivity index (χ1v) is 6.93. The van der Waals surface area contributed by atoms with E-state index in [2.05, 4.69) is 6.58 Å². The molecule has 0 saturated carbocycles. The van der Waals surface area contributed by atoms with Gasteiger partial charge in [-0.1, -0.05) is 6.58 Å². The van der Waals surface area contributed by atoms with Gasteiger partial charge in [0.1, 0.15) is 18.0 Å². The van der Waals surface area contributed by atoms with Gasteiger partial charge in [0.15, 0.2) is 5.75 Å². The number of halogens is 1. The van der Waals surface area contributed by atoms with Gasteiger partial charge >= 0.3 is 5.97 Å². The van der Waals surface area contributed by atoms with Crippen molar-refractivity contribution < 1.29 is 24.1 Å². The number of hydrogen-bond acceptors (Lipinski definition) is 4. The van der Waals surface area contributed by atoms with Gasteiger partial charge in [-0.05, 0) is 18.6 Å². The predicted molar refractivity (Wildman–Crippen MR) is 81.5 cm³/mol. The van der Waals surface area contributed by atoms with Crippen molar-refractivity contribution in [3.63, 3.8) is 0 Å². The number of rotatable bonds is 3. The van der Waals surface area contributed by atoms with Gasteiger partial charge < -0.3 is 19.5 Å². The maximum Gasteiger partial charge on any atom is 0.341 e. The number of carboxylic acid groups (broad SMARTS) is 1. The first-order chi connectivity index (χ1) is 10.9. The van der Waals surface area contributed by atoms with Crippen molar-refractivity contribution in [1.29, 1.82) is 0 Å². The Kier molecular flexibility index (Phi) is 3.45. The number of nitrogens with zero attached hydrogens (tertiary/aromatic N) is 1. The summed E-state index contributed by atoms with van der Waals surface area (Å²) in [4.78, 5) is 23.6. The molecule has 7 heteroatoms. The van der Waals surface area contributed by atoms with Crippen LogP contribution in [0.25, 0.3) is 16.5 Å². The van der Waals surface area contributed by atoms with E-state index in [0.717, 1.165) is 6.07 Å². The Morgan fingerprint density at radius 1 is 1.57 bits per heavy atom. The summed E-state index contributed by atoms with van der Waals surface area (Å²) in [6, 6.07) is 0.742. The van der Waals surface area contributed by atoms with E-state index >= 15 is 0 Å². The third-order valence-electron chi connectivity index (χ3n) is 3.94. The fourth-order valence-electron chi connectivity index (χ4n) is 2.79. The zero-order chi connectivity index (χ0) is 16.9. The molecule has 3 rings (SSSR count). The molecule has 0 bridgehead atoms. The number of carboxylic acids is 1. The Labute approximate surface area is 130 Å². The van der Waals surface area contributed by atoms with Crippen LogP contribution in [0, 0.1) is 5.82 Å². The molecule has 1 aromatic carbocycles. The van der Waals surface area contributed by atoms with E-state index in [4.69, 9.17) is 4.74 Å². The summed E-state index contributed by atoms with van der Waals surface area (Å²) in [7, 11) is 0. The fraction of sp³-hybridized carbons (Fsp3) is 0.250. The van der Waals surface area contributed by atoms with Crippen molar-refractivity contribution in [1.82, 2.24) is 4.57 Å². The molecule has 1 aliphatic heterocycles. The van der Waals surface area contributed by atoms with Crippen LogP contribution in [-0.2, 0) is 0 Å². The second-order valence-corrected chi connectivity index (χ2v) is 5.46. The summed E-state index contributed by atoms with van der Waals surface area (Å²) >= 11 is 0. The highest BCUT2D eigenvalue weighted by Crippen LogP contribution is 2.39. The second-order valence-electron chi connectivity index (χ2n) is 5.46. The third-order valence-corrected chi connectivity index (χ3v) is 3.94. The molecule has 0 aliphatic carbocycles. The molecule has 23 heavy (non-hydrogen) atoms. The Morgan fingerprint density at radius 2 is 2.26 bits per heavy atom. The van der Waals surface area contributed by atoms with Crippen LogP contribution in [0.3, 0.4) is 0 Å². The quantitative estimate of drug-likeness (QED) is 0.900. The fourth-order valence-corrected chi connectivity index (χ4v) is 2.79.